The molecule has 132 valence electrons. The van der Waals surface area contributed by atoms with Gasteiger partial charge in [0.15, 0.2) is 0 Å². The van der Waals surface area contributed by atoms with Crippen LogP contribution in [0.25, 0.3) is 0 Å². The fraction of sp³-hybridized carbons (Fsp3) is 0.450. The summed E-state index contributed by atoms with van der Waals surface area (Å²) in [6, 6.07) is 9.39. The van der Waals surface area contributed by atoms with Crippen LogP contribution >= 0.6 is 0 Å². The van der Waals surface area contributed by atoms with Crippen molar-refractivity contribution in [1.82, 2.24) is 15.1 Å². The highest BCUT2D eigenvalue weighted by Crippen LogP contribution is 2.16. The number of amides is 1. The van der Waals surface area contributed by atoms with Crippen LogP contribution in [-0.2, 0) is 25.8 Å². The average Bonchev–Trinajstić information content (AvgIpc) is 2.63. The number of carbonyl (C=O) groups is 1. The molecular formula is C20H25N3O2. The molecule has 0 unspecified atom stereocenters. The molecule has 1 N–H and O–H groups in total. The van der Waals surface area contributed by atoms with Gasteiger partial charge in [0.25, 0.3) is 11.5 Å². The van der Waals surface area contributed by atoms with Crippen LogP contribution in [0.5, 0.6) is 0 Å². The lowest BCUT2D eigenvalue weighted by atomic mass is 9.97. The number of nitrogens with zero attached hydrogens (tertiary/aromatic N) is 2. The van der Waals surface area contributed by atoms with Gasteiger partial charge in [0, 0.05) is 18.2 Å². The van der Waals surface area contributed by atoms with Crippen LogP contribution in [0.1, 0.15) is 53.4 Å². The molecule has 0 saturated carbocycles. The summed E-state index contributed by atoms with van der Waals surface area (Å²) in [5.74, 6) is -0.117. The Balaban J connectivity index is 1.57. The van der Waals surface area contributed by atoms with Gasteiger partial charge >= 0.3 is 0 Å². The standard InChI is InChI=1S/C20H25N3O2/c1-2-5-15-8-10-16(11-9-15)20(25)21-12-13-23-19(24)14-17-6-3-4-7-18(17)22-23/h8-11,14H,2-7,12-13H2,1H3,(H,21,25). The number of hydrogen-bond acceptors (Lipinski definition) is 3. The molecule has 5 nitrogen and oxygen atoms in total. The molecule has 0 aliphatic heterocycles. The number of carbonyl (C=O) groups excluding carboxylic acids is 1. The Morgan fingerprint density at radius 2 is 1.96 bits per heavy atom. The fourth-order valence-electron chi connectivity index (χ4n) is 3.25. The second-order valence-electron chi connectivity index (χ2n) is 6.59. The Morgan fingerprint density at radius 3 is 2.72 bits per heavy atom. The van der Waals surface area contributed by atoms with E-state index in [-0.39, 0.29) is 11.5 Å². The zero-order valence-electron chi connectivity index (χ0n) is 14.8. The number of aromatic nitrogens is 2. The van der Waals surface area contributed by atoms with E-state index in [9.17, 15) is 9.59 Å². The van der Waals surface area contributed by atoms with Gasteiger partial charge in [-0.3, -0.25) is 9.59 Å². The minimum atomic E-state index is -0.117. The van der Waals surface area contributed by atoms with Gasteiger partial charge in [-0.15, -0.1) is 0 Å². The summed E-state index contributed by atoms with van der Waals surface area (Å²) >= 11 is 0. The third-order valence-corrected chi connectivity index (χ3v) is 4.64. The molecular weight excluding hydrogens is 314 g/mol. The highest BCUT2D eigenvalue weighted by Gasteiger charge is 2.13. The van der Waals surface area contributed by atoms with Gasteiger partial charge in [0.2, 0.25) is 0 Å². The predicted octanol–water partition coefficient (Wildman–Crippen LogP) is 2.50. The lowest BCUT2D eigenvalue weighted by Gasteiger charge is -2.16. The minimum Gasteiger partial charge on any atom is -0.350 e. The summed E-state index contributed by atoms with van der Waals surface area (Å²) < 4.78 is 1.47. The lowest BCUT2D eigenvalue weighted by Crippen LogP contribution is -2.33. The molecule has 1 amide bonds. The van der Waals surface area contributed by atoms with Gasteiger partial charge in [-0.2, -0.15) is 5.10 Å². The number of hydrogen-bond donors (Lipinski definition) is 1. The second-order valence-corrected chi connectivity index (χ2v) is 6.59. The Morgan fingerprint density at radius 1 is 1.20 bits per heavy atom. The van der Waals surface area contributed by atoms with Crippen LogP contribution in [0.4, 0.5) is 0 Å². The minimum absolute atomic E-state index is 0.0844. The number of fused-ring (bicyclic) bond motifs is 1. The predicted molar refractivity (Wildman–Crippen MR) is 97.9 cm³/mol. The van der Waals surface area contributed by atoms with Crippen LogP contribution in [0, 0.1) is 0 Å². The maximum Gasteiger partial charge on any atom is 0.267 e. The maximum absolute atomic E-state index is 12.2. The fourth-order valence-corrected chi connectivity index (χ4v) is 3.25. The first kappa shape index (κ1) is 17.4. The van der Waals surface area contributed by atoms with Crippen molar-refractivity contribution in [2.24, 2.45) is 0 Å². The van der Waals surface area contributed by atoms with Gasteiger partial charge < -0.3 is 5.32 Å². The van der Waals surface area contributed by atoms with E-state index in [0.29, 0.717) is 18.7 Å². The van der Waals surface area contributed by atoms with E-state index >= 15 is 0 Å². The molecule has 3 rings (SSSR count). The van der Waals surface area contributed by atoms with Gasteiger partial charge in [-0.1, -0.05) is 25.5 Å². The highest BCUT2D eigenvalue weighted by atomic mass is 16.1. The van der Waals surface area contributed by atoms with E-state index < -0.39 is 0 Å². The molecule has 0 saturated heterocycles. The first-order chi connectivity index (χ1) is 12.2. The molecule has 0 radical (unpaired) electrons. The summed E-state index contributed by atoms with van der Waals surface area (Å²) in [6.45, 7) is 2.92. The molecule has 25 heavy (non-hydrogen) atoms. The SMILES string of the molecule is CCCc1ccc(C(=O)NCCn2nc3c(cc2=O)CCCC3)cc1. The maximum atomic E-state index is 12.2. The summed E-state index contributed by atoms with van der Waals surface area (Å²) in [6.07, 6.45) is 6.26. The van der Waals surface area contributed by atoms with Gasteiger partial charge in [0.05, 0.1) is 12.2 Å². The van der Waals surface area contributed by atoms with Crippen LogP contribution in [0.15, 0.2) is 35.1 Å². The first-order valence-corrected chi connectivity index (χ1v) is 9.14. The first-order valence-electron chi connectivity index (χ1n) is 9.14. The van der Waals surface area contributed by atoms with E-state index in [1.54, 1.807) is 6.07 Å². The molecule has 5 heteroatoms. The molecule has 1 aliphatic carbocycles. The van der Waals surface area contributed by atoms with Crippen molar-refractivity contribution in [3.63, 3.8) is 0 Å². The second kappa shape index (κ2) is 8.10. The molecule has 2 aromatic rings. The number of aryl methyl sites for hydroxylation is 3. The Kier molecular flexibility index (Phi) is 5.64. The Hall–Kier alpha value is -2.43. The van der Waals surface area contributed by atoms with E-state index in [4.69, 9.17) is 0 Å². The van der Waals surface area contributed by atoms with Crippen molar-refractivity contribution in [2.75, 3.05) is 6.54 Å². The molecule has 0 spiro atoms. The van der Waals surface area contributed by atoms with Crippen LogP contribution < -0.4 is 10.9 Å². The van der Waals surface area contributed by atoms with E-state index in [0.717, 1.165) is 49.8 Å². The number of rotatable bonds is 6. The zero-order valence-corrected chi connectivity index (χ0v) is 14.8. The molecule has 1 aromatic heterocycles. The van der Waals surface area contributed by atoms with Crippen LogP contribution in [0.2, 0.25) is 0 Å². The molecule has 1 aliphatic rings. The topological polar surface area (TPSA) is 64.0 Å². The summed E-state index contributed by atoms with van der Waals surface area (Å²) in [4.78, 5) is 24.3. The van der Waals surface area contributed by atoms with Crippen molar-refractivity contribution >= 4 is 5.91 Å². The van der Waals surface area contributed by atoms with Crippen molar-refractivity contribution < 1.29 is 4.79 Å². The summed E-state index contributed by atoms with van der Waals surface area (Å²) in [7, 11) is 0. The van der Waals surface area contributed by atoms with Crippen molar-refractivity contribution in [3.05, 3.63) is 63.1 Å². The Bertz CT molecular complexity index is 794. The van der Waals surface area contributed by atoms with Crippen molar-refractivity contribution in [1.29, 1.82) is 0 Å². The Labute approximate surface area is 148 Å². The van der Waals surface area contributed by atoms with Crippen LogP contribution in [-0.4, -0.2) is 22.2 Å². The van der Waals surface area contributed by atoms with E-state index in [1.807, 2.05) is 24.3 Å². The van der Waals surface area contributed by atoms with Crippen LogP contribution in [0.3, 0.4) is 0 Å². The third-order valence-electron chi connectivity index (χ3n) is 4.64. The van der Waals surface area contributed by atoms with Gasteiger partial charge in [-0.25, -0.2) is 4.68 Å². The van der Waals surface area contributed by atoms with Crippen molar-refractivity contribution in [2.45, 2.75) is 52.0 Å². The molecule has 0 atom stereocenters. The largest absolute Gasteiger partial charge is 0.350 e. The molecule has 0 fully saturated rings. The average molecular weight is 339 g/mol. The zero-order chi connectivity index (χ0) is 17.6. The lowest BCUT2D eigenvalue weighted by molar-refractivity contribution is 0.0951. The highest BCUT2D eigenvalue weighted by molar-refractivity contribution is 5.94. The third kappa shape index (κ3) is 4.35. The molecule has 1 heterocycles. The van der Waals surface area contributed by atoms with Gasteiger partial charge in [0.1, 0.15) is 0 Å². The van der Waals surface area contributed by atoms with E-state index in [1.165, 1.54) is 10.2 Å². The smallest absolute Gasteiger partial charge is 0.267 e. The molecule has 0 bridgehead atoms. The monoisotopic (exact) mass is 339 g/mol. The van der Waals surface area contributed by atoms with Gasteiger partial charge in [-0.05, 0) is 55.4 Å². The summed E-state index contributed by atoms with van der Waals surface area (Å²) in [5.41, 5.74) is 3.92. The number of nitrogens with one attached hydrogen (secondary N) is 1. The molecule has 1 aromatic carbocycles. The van der Waals surface area contributed by atoms with E-state index in [2.05, 4.69) is 17.3 Å². The van der Waals surface area contributed by atoms with Crippen molar-refractivity contribution in [3.8, 4) is 0 Å². The number of benzene rings is 1. The normalized spacial score (nSPS) is 13.3. The summed E-state index contributed by atoms with van der Waals surface area (Å²) in [5, 5.41) is 7.33. The quantitative estimate of drug-likeness (QED) is 0.879.